The maximum atomic E-state index is 12.7. The first-order chi connectivity index (χ1) is 10.7. The van der Waals surface area contributed by atoms with Gasteiger partial charge in [-0.2, -0.15) is 0 Å². The van der Waals surface area contributed by atoms with Gasteiger partial charge in [0.1, 0.15) is 0 Å². The minimum atomic E-state index is 0.0638. The van der Waals surface area contributed by atoms with Crippen LogP contribution in [0.4, 0.5) is 0 Å². The van der Waals surface area contributed by atoms with E-state index in [0.717, 1.165) is 51.9 Å². The van der Waals surface area contributed by atoms with Gasteiger partial charge in [-0.15, -0.1) is 11.3 Å². The highest BCUT2D eigenvalue weighted by Crippen LogP contribution is 2.25. The molecule has 2 fully saturated rings. The molecule has 0 unspecified atom stereocenters. The van der Waals surface area contributed by atoms with Gasteiger partial charge in [-0.25, -0.2) is 0 Å². The van der Waals surface area contributed by atoms with Crippen LogP contribution in [0.25, 0.3) is 0 Å². The molecule has 0 aromatic carbocycles. The van der Waals surface area contributed by atoms with Gasteiger partial charge >= 0.3 is 0 Å². The van der Waals surface area contributed by atoms with E-state index in [1.807, 2.05) is 0 Å². The fourth-order valence-electron chi connectivity index (χ4n) is 3.64. The molecule has 5 heteroatoms. The molecule has 2 aliphatic rings. The van der Waals surface area contributed by atoms with Crippen LogP contribution in [0.15, 0.2) is 17.5 Å². The third kappa shape index (κ3) is 3.89. The molecule has 2 aliphatic heterocycles. The molecule has 0 radical (unpaired) electrons. The van der Waals surface area contributed by atoms with E-state index in [1.54, 1.807) is 11.3 Å². The normalized spacial score (nSPS) is 25.2. The van der Waals surface area contributed by atoms with Crippen molar-refractivity contribution in [1.29, 1.82) is 0 Å². The highest BCUT2D eigenvalue weighted by Gasteiger charge is 2.36. The summed E-state index contributed by atoms with van der Waals surface area (Å²) in [5.74, 6) is 0.216. The van der Waals surface area contributed by atoms with Crippen LogP contribution in [0.5, 0.6) is 0 Å². The number of carbonyl (C=O) groups is 1. The van der Waals surface area contributed by atoms with E-state index in [2.05, 4.69) is 34.7 Å². The number of amides is 1. The number of thiophene rings is 1. The van der Waals surface area contributed by atoms with Crippen molar-refractivity contribution in [2.45, 2.75) is 57.2 Å². The lowest BCUT2D eigenvalue weighted by Crippen LogP contribution is -2.51. The van der Waals surface area contributed by atoms with Gasteiger partial charge < -0.3 is 10.1 Å². The van der Waals surface area contributed by atoms with Gasteiger partial charge in [-0.1, -0.05) is 6.07 Å². The van der Waals surface area contributed by atoms with Crippen LogP contribution in [0.2, 0.25) is 0 Å². The Morgan fingerprint density at radius 3 is 3.00 bits per heavy atom. The van der Waals surface area contributed by atoms with Crippen molar-refractivity contribution in [2.24, 2.45) is 0 Å². The van der Waals surface area contributed by atoms with E-state index in [-0.39, 0.29) is 18.0 Å². The zero-order valence-electron chi connectivity index (χ0n) is 13.3. The van der Waals surface area contributed by atoms with Crippen LogP contribution >= 0.6 is 11.3 Å². The number of hydrogen-bond acceptors (Lipinski definition) is 4. The second kappa shape index (κ2) is 7.57. The van der Waals surface area contributed by atoms with E-state index < -0.39 is 0 Å². The molecule has 1 amide bonds. The third-order valence-corrected chi connectivity index (χ3v) is 5.63. The van der Waals surface area contributed by atoms with Crippen LogP contribution in [-0.2, 0) is 16.0 Å². The van der Waals surface area contributed by atoms with Gasteiger partial charge in [-0.3, -0.25) is 9.69 Å². The van der Waals surface area contributed by atoms with E-state index in [4.69, 9.17) is 4.74 Å². The fraction of sp³-hybridized carbons (Fsp3) is 0.706. The zero-order valence-corrected chi connectivity index (χ0v) is 14.1. The van der Waals surface area contributed by atoms with Crippen molar-refractivity contribution < 1.29 is 9.53 Å². The second-order valence-corrected chi connectivity index (χ2v) is 7.46. The van der Waals surface area contributed by atoms with Gasteiger partial charge in [0, 0.05) is 36.6 Å². The summed E-state index contributed by atoms with van der Waals surface area (Å²) >= 11 is 1.76. The van der Waals surface area contributed by atoms with Crippen LogP contribution in [0, 0.1) is 0 Å². The van der Waals surface area contributed by atoms with E-state index in [0.29, 0.717) is 6.04 Å². The van der Waals surface area contributed by atoms with Gasteiger partial charge in [0.05, 0.1) is 6.04 Å². The van der Waals surface area contributed by atoms with Crippen molar-refractivity contribution in [3.8, 4) is 0 Å². The van der Waals surface area contributed by atoms with Gasteiger partial charge in [-0.05, 0) is 50.6 Å². The summed E-state index contributed by atoms with van der Waals surface area (Å²) in [5.41, 5.74) is 0. The Kier molecular flexibility index (Phi) is 5.50. The molecule has 0 aliphatic carbocycles. The summed E-state index contributed by atoms with van der Waals surface area (Å²) < 4.78 is 5.45. The first-order valence-corrected chi connectivity index (χ1v) is 9.28. The molecule has 0 bridgehead atoms. The molecular weight excluding hydrogens is 296 g/mol. The molecule has 4 nitrogen and oxygen atoms in total. The molecule has 1 N–H and O–H groups in total. The highest BCUT2D eigenvalue weighted by molar-refractivity contribution is 7.09. The Bertz CT molecular complexity index is 471. The Balaban J connectivity index is 1.53. The Labute approximate surface area is 136 Å². The molecule has 2 atom stereocenters. The molecule has 22 heavy (non-hydrogen) atoms. The van der Waals surface area contributed by atoms with Gasteiger partial charge in [0.2, 0.25) is 5.91 Å². The number of hydrogen-bond donors (Lipinski definition) is 1. The Morgan fingerprint density at radius 2 is 2.27 bits per heavy atom. The lowest BCUT2D eigenvalue weighted by molar-refractivity contribution is -0.127. The van der Waals surface area contributed by atoms with Crippen molar-refractivity contribution in [3.63, 3.8) is 0 Å². The maximum absolute atomic E-state index is 12.7. The third-order valence-electron chi connectivity index (χ3n) is 4.73. The maximum Gasteiger partial charge on any atom is 0.237 e. The van der Waals surface area contributed by atoms with E-state index in [9.17, 15) is 4.79 Å². The Hall–Kier alpha value is -0.910. The van der Waals surface area contributed by atoms with Gasteiger partial charge in [0.15, 0.2) is 0 Å². The first kappa shape index (κ1) is 16.0. The lowest BCUT2D eigenvalue weighted by Gasteiger charge is -2.35. The summed E-state index contributed by atoms with van der Waals surface area (Å²) in [6.45, 7) is 4.84. The number of rotatable bonds is 5. The molecule has 0 spiro atoms. The first-order valence-electron chi connectivity index (χ1n) is 8.40. The van der Waals surface area contributed by atoms with Crippen LogP contribution < -0.4 is 5.32 Å². The number of ether oxygens (including phenoxy) is 1. The number of nitrogens with one attached hydrogen (secondary N) is 1. The largest absolute Gasteiger partial charge is 0.381 e. The molecule has 1 aromatic heterocycles. The molecule has 3 heterocycles. The molecule has 1 aromatic rings. The smallest absolute Gasteiger partial charge is 0.237 e. The average molecular weight is 322 g/mol. The predicted molar refractivity (Wildman–Crippen MR) is 89.2 cm³/mol. The summed E-state index contributed by atoms with van der Waals surface area (Å²) in [4.78, 5) is 16.4. The number of carbonyl (C=O) groups excluding carboxylic acids is 1. The second-order valence-electron chi connectivity index (χ2n) is 6.43. The van der Waals surface area contributed by atoms with Crippen LogP contribution in [-0.4, -0.2) is 48.7 Å². The lowest BCUT2D eigenvalue weighted by atomic mass is 10.1. The summed E-state index contributed by atoms with van der Waals surface area (Å²) in [5, 5.41) is 5.31. The molecule has 3 rings (SSSR count). The molecule has 122 valence electrons. The molecular formula is C17H26N2O2S. The quantitative estimate of drug-likeness (QED) is 0.905. The van der Waals surface area contributed by atoms with Crippen LogP contribution in [0.1, 0.15) is 37.5 Å². The number of nitrogens with zero attached hydrogens (tertiary/aromatic N) is 1. The monoisotopic (exact) mass is 322 g/mol. The minimum Gasteiger partial charge on any atom is -0.381 e. The van der Waals surface area contributed by atoms with Crippen molar-refractivity contribution in [2.75, 3.05) is 19.8 Å². The van der Waals surface area contributed by atoms with Crippen molar-refractivity contribution in [1.82, 2.24) is 10.2 Å². The van der Waals surface area contributed by atoms with E-state index >= 15 is 0 Å². The fourth-order valence-corrected chi connectivity index (χ4v) is 4.48. The van der Waals surface area contributed by atoms with Crippen molar-refractivity contribution in [3.05, 3.63) is 22.4 Å². The summed E-state index contributed by atoms with van der Waals surface area (Å²) in [6.07, 6.45) is 5.18. The topological polar surface area (TPSA) is 41.6 Å². The summed E-state index contributed by atoms with van der Waals surface area (Å²) in [6, 6.07) is 4.99. The van der Waals surface area contributed by atoms with E-state index in [1.165, 1.54) is 4.88 Å². The average Bonchev–Trinajstić information content (AvgIpc) is 3.18. The zero-order chi connectivity index (χ0) is 15.4. The molecule has 0 saturated carbocycles. The predicted octanol–water partition coefficient (Wildman–Crippen LogP) is 2.44. The van der Waals surface area contributed by atoms with Crippen LogP contribution in [0.3, 0.4) is 0 Å². The minimum absolute atomic E-state index is 0.0638. The Morgan fingerprint density at radius 1 is 1.45 bits per heavy atom. The summed E-state index contributed by atoms with van der Waals surface area (Å²) in [7, 11) is 0. The van der Waals surface area contributed by atoms with Crippen molar-refractivity contribution >= 4 is 17.2 Å². The SMILES string of the molecule is C[C@@H](Cc1cccs1)NC(=O)[C@H]1CCCN1C1CCOCC1. The standard InChI is InChI=1S/C17H26N2O2S/c1-13(12-15-4-3-11-22-15)18-17(20)16-5-2-8-19(16)14-6-9-21-10-7-14/h3-4,11,13-14,16H,2,5-10,12H2,1H3,(H,18,20)/t13-,16+/m0/s1. The number of likely N-dealkylation sites (tertiary alicyclic amines) is 1. The van der Waals surface area contributed by atoms with Gasteiger partial charge in [0.25, 0.3) is 0 Å². The molecule has 2 saturated heterocycles. The highest BCUT2D eigenvalue weighted by atomic mass is 32.1.